The molecule has 5 heteroatoms. The van der Waals surface area contributed by atoms with Crippen molar-refractivity contribution in [3.8, 4) is 0 Å². The van der Waals surface area contributed by atoms with E-state index in [1.807, 2.05) is 24.3 Å². The third-order valence-corrected chi connectivity index (χ3v) is 4.47. The van der Waals surface area contributed by atoms with Crippen molar-refractivity contribution in [1.29, 1.82) is 0 Å². The van der Waals surface area contributed by atoms with Gasteiger partial charge < -0.3 is 15.2 Å². The number of carbonyl (C=O) groups excluding carboxylic acids is 1. The van der Waals surface area contributed by atoms with Gasteiger partial charge in [0.15, 0.2) is 0 Å². The lowest BCUT2D eigenvalue weighted by Gasteiger charge is -2.25. The van der Waals surface area contributed by atoms with E-state index in [-0.39, 0.29) is 23.7 Å². The molecule has 1 saturated heterocycles. The van der Waals surface area contributed by atoms with E-state index in [4.69, 9.17) is 4.74 Å². The molecule has 1 unspecified atom stereocenters. The van der Waals surface area contributed by atoms with Gasteiger partial charge in [0.05, 0.1) is 12.5 Å². The summed E-state index contributed by atoms with van der Waals surface area (Å²) in [4.78, 5) is 23.6. The van der Waals surface area contributed by atoms with E-state index >= 15 is 0 Å². The number of rotatable bonds is 5. The van der Waals surface area contributed by atoms with Crippen LogP contribution in [0.1, 0.15) is 57.2 Å². The number of nitrogens with one attached hydrogen (secondary N) is 1. The molecule has 1 aliphatic heterocycles. The molecule has 5 nitrogen and oxygen atoms in total. The molecule has 1 aliphatic rings. The van der Waals surface area contributed by atoms with Gasteiger partial charge in [0.1, 0.15) is 0 Å². The predicted octanol–water partition coefficient (Wildman–Crippen LogP) is 3.04. The van der Waals surface area contributed by atoms with E-state index in [2.05, 4.69) is 26.1 Å². The Morgan fingerprint density at radius 2 is 1.79 bits per heavy atom. The Labute approximate surface area is 143 Å². The summed E-state index contributed by atoms with van der Waals surface area (Å²) >= 11 is 0. The highest BCUT2D eigenvalue weighted by molar-refractivity contribution is 5.80. The average molecular weight is 333 g/mol. The summed E-state index contributed by atoms with van der Waals surface area (Å²) in [5.41, 5.74) is 2.04. The van der Waals surface area contributed by atoms with E-state index in [0.29, 0.717) is 26.1 Å². The third kappa shape index (κ3) is 5.06. The Morgan fingerprint density at radius 1 is 1.21 bits per heavy atom. The molecule has 1 atom stereocenters. The van der Waals surface area contributed by atoms with Crippen LogP contribution in [0.5, 0.6) is 0 Å². The molecule has 132 valence electrons. The van der Waals surface area contributed by atoms with E-state index < -0.39 is 12.0 Å². The van der Waals surface area contributed by atoms with Gasteiger partial charge in [-0.25, -0.2) is 0 Å². The molecule has 1 fully saturated rings. The zero-order valence-electron chi connectivity index (χ0n) is 14.7. The minimum Gasteiger partial charge on any atom is -0.481 e. The Kier molecular flexibility index (Phi) is 5.99. The van der Waals surface area contributed by atoms with Crippen molar-refractivity contribution < 1.29 is 19.4 Å². The van der Waals surface area contributed by atoms with Gasteiger partial charge in [0.2, 0.25) is 5.91 Å². The number of carboxylic acids is 1. The fourth-order valence-electron chi connectivity index (χ4n) is 2.89. The van der Waals surface area contributed by atoms with Crippen molar-refractivity contribution in [1.82, 2.24) is 5.32 Å². The normalized spacial score (nSPS) is 17.3. The summed E-state index contributed by atoms with van der Waals surface area (Å²) in [5, 5.41) is 12.1. The molecule has 0 spiro atoms. The lowest BCUT2D eigenvalue weighted by Crippen LogP contribution is -2.37. The number of hydrogen-bond acceptors (Lipinski definition) is 3. The summed E-state index contributed by atoms with van der Waals surface area (Å²) in [7, 11) is 0. The number of carboxylic acid groups (broad SMARTS) is 1. The van der Waals surface area contributed by atoms with Crippen LogP contribution >= 0.6 is 0 Å². The zero-order valence-corrected chi connectivity index (χ0v) is 14.7. The smallest absolute Gasteiger partial charge is 0.305 e. The summed E-state index contributed by atoms with van der Waals surface area (Å²) in [6, 6.07) is 7.33. The second kappa shape index (κ2) is 7.79. The van der Waals surface area contributed by atoms with Crippen LogP contribution in [0.15, 0.2) is 24.3 Å². The highest BCUT2D eigenvalue weighted by Crippen LogP contribution is 2.26. The monoisotopic (exact) mass is 333 g/mol. The summed E-state index contributed by atoms with van der Waals surface area (Å²) in [5.74, 6) is -1.10. The first kappa shape index (κ1) is 18.5. The van der Waals surface area contributed by atoms with Crippen molar-refractivity contribution in [3.63, 3.8) is 0 Å². The Bertz CT molecular complexity index is 568. The van der Waals surface area contributed by atoms with Gasteiger partial charge in [0, 0.05) is 19.1 Å². The van der Waals surface area contributed by atoms with Gasteiger partial charge in [-0.15, -0.1) is 0 Å². The van der Waals surface area contributed by atoms with E-state index in [0.717, 1.165) is 5.56 Å². The Hall–Kier alpha value is -1.88. The minimum absolute atomic E-state index is 0.0339. The maximum Gasteiger partial charge on any atom is 0.305 e. The second-order valence-corrected chi connectivity index (χ2v) is 7.42. The Morgan fingerprint density at radius 3 is 2.29 bits per heavy atom. The van der Waals surface area contributed by atoms with Crippen molar-refractivity contribution in [3.05, 3.63) is 35.4 Å². The molecule has 0 radical (unpaired) electrons. The van der Waals surface area contributed by atoms with E-state index in [9.17, 15) is 14.7 Å². The number of amides is 1. The fourth-order valence-corrected chi connectivity index (χ4v) is 2.89. The van der Waals surface area contributed by atoms with Gasteiger partial charge in [-0.05, 0) is 29.4 Å². The fraction of sp³-hybridized carbons (Fsp3) is 0.579. The average Bonchev–Trinajstić information content (AvgIpc) is 2.54. The first-order valence-electron chi connectivity index (χ1n) is 8.47. The number of hydrogen-bond donors (Lipinski definition) is 2. The number of aliphatic carboxylic acids is 1. The molecule has 0 bridgehead atoms. The second-order valence-electron chi connectivity index (χ2n) is 7.42. The molecular weight excluding hydrogens is 306 g/mol. The van der Waals surface area contributed by atoms with Crippen LogP contribution in [0.4, 0.5) is 0 Å². The van der Waals surface area contributed by atoms with Gasteiger partial charge in [-0.1, -0.05) is 45.0 Å². The molecule has 0 aliphatic carbocycles. The van der Waals surface area contributed by atoms with Crippen molar-refractivity contribution in [2.75, 3.05) is 13.2 Å². The summed E-state index contributed by atoms with van der Waals surface area (Å²) < 4.78 is 5.27. The van der Waals surface area contributed by atoms with Crippen LogP contribution in [-0.2, 0) is 19.7 Å². The SMILES string of the molecule is CC(C)(C)c1ccc(C(CC(=O)O)NC(=O)C2CCOCC2)cc1. The van der Waals surface area contributed by atoms with Crippen LogP contribution in [0.3, 0.4) is 0 Å². The van der Waals surface area contributed by atoms with Crippen molar-refractivity contribution in [2.45, 2.75) is 51.5 Å². The van der Waals surface area contributed by atoms with Crippen molar-refractivity contribution in [2.24, 2.45) is 5.92 Å². The first-order chi connectivity index (χ1) is 11.3. The lowest BCUT2D eigenvalue weighted by atomic mass is 9.86. The molecule has 0 saturated carbocycles. The third-order valence-electron chi connectivity index (χ3n) is 4.47. The van der Waals surface area contributed by atoms with Crippen LogP contribution in [0.25, 0.3) is 0 Å². The van der Waals surface area contributed by atoms with E-state index in [1.54, 1.807) is 0 Å². The molecule has 24 heavy (non-hydrogen) atoms. The lowest BCUT2D eigenvalue weighted by molar-refractivity contribution is -0.138. The largest absolute Gasteiger partial charge is 0.481 e. The molecular formula is C19H27NO4. The molecule has 1 aromatic rings. The standard InChI is InChI=1S/C19H27NO4/c1-19(2,3)15-6-4-13(5-7-15)16(12-17(21)22)20-18(23)14-8-10-24-11-9-14/h4-7,14,16H,8-12H2,1-3H3,(H,20,23)(H,21,22). The van der Waals surface area contributed by atoms with E-state index in [1.165, 1.54) is 5.56 Å². The summed E-state index contributed by atoms with van der Waals surface area (Å²) in [6.45, 7) is 7.56. The maximum absolute atomic E-state index is 12.4. The molecule has 2 N–H and O–H groups in total. The number of ether oxygens (including phenoxy) is 1. The quantitative estimate of drug-likeness (QED) is 0.868. The zero-order chi connectivity index (χ0) is 17.7. The first-order valence-corrected chi connectivity index (χ1v) is 8.47. The highest BCUT2D eigenvalue weighted by atomic mass is 16.5. The minimum atomic E-state index is -0.924. The van der Waals surface area contributed by atoms with Crippen LogP contribution in [-0.4, -0.2) is 30.2 Å². The van der Waals surface area contributed by atoms with Crippen molar-refractivity contribution >= 4 is 11.9 Å². The van der Waals surface area contributed by atoms with Gasteiger partial charge >= 0.3 is 5.97 Å². The number of carbonyl (C=O) groups is 2. The molecule has 1 aromatic carbocycles. The highest BCUT2D eigenvalue weighted by Gasteiger charge is 2.26. The van der Waals surface area contributed by atoms with Gasteiger partial charge in [0.25, 0.3) is 0 Å². The summed E-state index contributed by atoms with van der Waals surface area (Å²) in [6.07, 6.45) is 1.26. The van der Waals surface area contributed by atoms with Crippen LogP contribution in [0, 0.1) is 5.92 Å². The van der Waals surface area contributed by atoms with Crippen LogP contribution < -0.4 is 5.32 Å². The molecule has 0 aromatic heterocycles. The topological polar surface area (TPSA) is 75.6 Å². The molecule has 2 rings (SSSR count). The molecule has 1 amide bonds. The Balaban J connectivity index is 2.12. The van der Waals surface area contributed by atoms with Gasteiger partial charge in [-0.2, -0.15) is 0 Å². The molecule has 1 heterocycles. The maximum atomic E-state index is 12.4. The number of benzene rings is 1. The predicted molar refractivity (Wildman–Crippen MR) is 91.8 cm³/mol. The van der Waals surface area contributed by atoms with Gasteiger partial charge in [-0.3, -0.25) is 9.59 Å². The van der Waals surface area contributed by atoms with Crippen LogP contribution in [0.2, 0.25) is 0 Å².